The quantitative estimate of drug-likeness (QED) is 0.882. The third-order valence-electron chi connectivity index (χ3n) is 3.01. The summed E-state index contributed by atoms with van der Waals surface area (Å²) in [6.45, 7) is 6.86. The Morgan fingerprint density at radius 1 is 1.39 bits per heavy atom. The minimum atomic E-state index is 0.274. The smallest absolute Gasteiger partial charge is 0.229 e. The van der Waals surface area contributed by atoms with Gasteiger partial charge in [0.1, 0.15) is 0 Å². The van der Waals surface area contributed by atoms with Crippen LogP contribution in [0.2, 0.25) is 0 Å². The zero-order valence-electron chi connectivity index (χ0n) is 11.3. The van der Waals surface area contributed by atoms with Gasteiger partial charge >= 0.3 is 0 Å². The fourth-order valence-electron chi connectivity index (χ4n) is 1.71. The van der Waals surface area contributed by atoms with Gasteiger partial charge in [-0.3, -0.25) is 0 Å². The van der Waals surface area contributed by atoms with Crippen molar-refractivity contribution in [3.8, 4) is 0 Å². The van der Waals surface area contributed by atoms with E-state index in [2.05, 4.69) is 39.2 Å². The van der Waals surface area contributed by atoms with Crippen LogP contribution in [0.15, 0.2) is 23.0 Å². The van der Waals surface area contributed by atoms with Crippen LogP contribution < -0.4 is 5.32 Å². The molecule has 0 spiro atoms. The van der Waals surface area contributed by atoms with Crippen molar-refractivity contribution in [1.82, 2.24) is 20.0 Å². The van der Waals surface area contributed by atoms with Crippen molar-refractivity contribution < 1.29 is 4.52 Å². The zero-order chi connectivity index (χ0) is 13.1. The lowest BCUT2D eigenvalue weighted by molar-refractivity contribution is 0.360. The second kappa shape index (κ2) is 5.35. The molecule has 0 aliphatic carbocycles. The first-order valence-corrected chi connectivity index (χ1v) is 6.25. The molecule has 0 saturated heterocycles. The molecule has 1 N–H and O–H groups in total. The topological polar surface area (TPSA) is 55.9 Å². The van der Waals surface area contributed by atoms with Crippen molar-refractivity contribution in [1.29, 1.82) is 0 Å². The molecule has 98 valence electrons. The van der Waals surface area contributed by atoms with Crippen LogP contribution in [0, 0.1) is 0 Å². The summed E-state index contributed by atoms with van der Waals surface area (Å²) in [5.41, 5.74) is 1.25. The summed E-state index contributed by atoms with van der Waals surface area (Å²) in [7, 11) is 1.95. The lowest BCUT2D eigenvalue weighted by Crippen LogP contribution is -2.11. The van der Waals surface area contributed by atoms with Crippen molar-refractivity contribution in [2.45, 2.75) is 39.3 Å². The van der Waals surface area contributed by atoms with Crippen LogP contribution in [0.1, 0.15) is 50.0 Å². The maximum absolute atomic E-state index is 5.19. The zero-order valence-corrected chi connectivity index (χ0v) is 11.3. The number of hydrogen-bond acceptors (Lipinski definition) is 4. The van der Waals surface area contributed by atoms with E-state index in [0.29, 0.717) is 18.5 Å². The molecule has 0 bridgehead atoms. The van der Waals surface area contributed by atoms with E-state index in [1.54, 1.807) is 0 Å². The van der Waals surface area contributed by atoms with Gasteiger partial charge in [-0.1, -0.05) is 19.0 Å². The molecule has 5 heteroatoms. The number of nitrogens with one attached hydrogen (secondary N) is 1. The molecule has 2 aromatic rings. The second-order valence-corrected chi connectivity index (χ2v) is 4.83. The Kier molecular flexibility index (Phi) is 3.81. The van der Waals surface area contributed by atoms with Crippen LogP contribution >= 0.6 is 0 Å². The van der Waals surface area contributed by atoms with E-state index in [1.807, 2.05) is 27.1 Å². The summed E-state index contributed by atoms with van der Waals surface area (Å²) in [5, 5.41) is 7.20. The van der Waals surface area contributed by atoms with Gasteiger partial charge in [0, 0.05) is 24.4 Å². The number of aromatic nitrogens is 3. The molecule has 0 aromatic carbocycles. The van der Waals surface area contributed by atoms with Gasteiger partial charge in [0.2, 0.25) is 5.89 Å². The average molecular weight is 248 g/mol. The summed E-state index contributed by atoms with van der Waals surface area (Å²) in [6, 6.07) is 2.45. The molecule has 0 radical (unpaired) electrons. The van der Waals surface area contributed by atoms with E-state index >= 15 is 0 Å². The normalized spacial score (nSPS) is 13.2. The largest absolute Gasteiger partial charge is 0.346 e. The third kappa shape index (κ3) is 2.79. The predicted molar refractivity (Wildman–Crippen MR) is 69.4 cm³/mol. The number of nitrogens with zero attached hydrogens (tertiary/aromatic N) is 3. The molecule has 0 aliphatic rings. The van der Waals surface area contributed by atoms with Crippen molar-refractivity contribution >= 4 is 0 Å². The van der Waals surface area contributed by atoms with Crippen molar-refractivity contribution in [3.63, 3.8) is 0 Å². The van der Waals surface area contributed by atoms with Crippen LogP contribution in [0.3, 0.4) is 0 Å². The molecule has 1 atom stereocenters. The highest BCUT2D eigenvalue weighted by Crippen LogP contribution is 2.14. The minimum Gasteiger partial charge on any atom is -0.346 e. The average Bonchev–Trinajstić information content (AvgIpc) is 2.98. The standard InChI is InChI=1S/C13H20N4O/c1-9(2)13-15-12(16-18-13)8-17-6-5-11(7-17)10(3)14-4/h5-7,9-10,14H,8H2,1-4H3. The van der Waals surface area contributed by atoms with Crippen LogP contribution in [0.25, 0.3) is 0 Å². The summed E-state index contributed by atoms with van der Waals surface area (Å²) in [4.78, 5) is 4.37. The first-order valence-electron chi connectivity index (χ1n) is 6.25. The monoisotopic (exact) mass is 248 g/mol. The lowest BCUT2D eigenvalue weighted by Gasteiger charge is -2.06. The van der Waals surface area contributed by atoms with E-state index < -0.39 is 0 Å². The van der Waals surface area contributed by atoms with Crippen LogP contribution in [-0.2, 0) is 6.54 Å². The fraction of sp³-hybridized carbons (Fsp3) is 0.538. The van der Waals surface area contributed by atoms with Gasteiger partial charge in [0.15, 0.2) is 5.82 Å². The van der Waals surface area contributed by atoms with Gasteiger partial charge < -0.3 is 14.4 Å². The molecule has 2 aromatic heterocycles. The number of hydrogen-bond donors (Lipinski definition) is 1. The van der Waals surface area contributed by atoms with Crippen molar-refractivity contribution in [3.05, 3.63) is 35.7 Å². The van der Waals surface area contributed by atoms with Crippen LogP contribution in [0.4, 0.5) is 0 Å². The molecule has 1 unspecified atom stereocenters. The Bertz CT molecular complexity index is 501. The minimum absolute atomic E-state index is 0.274. The first kappa shape index (κ1) is 12.8. The van der Waals surface area contributed by atoms with Gasteiger partial charge in [0.05, 0.1) is 6.54 Å². The van der Waals surface area contributed by atoms with Gasteiger partial charge in [-0.25, -0.2) is 0 Å². The lowest BCUT2D eigenvalue weighted by atomic mass is 10.2. The molecule has 0 fully saturated rings. The molecule has 2 rings (SSSR count). The highest BCUT2D eigenvalue weighted by molar-refractivity contribution is 5.15. The molecular formula is C13H20N4O. The van der Waals surface area contributed by atoms with Gasteiger partial charge in [-0.2, -0.15) is 4.98 Å². The Hall–Kier alpha value is -1.62. The maximum Gasteiger partial charge on any atom is 0.229 e. The van der Waals surface area contributed by atoms with Gasteiger partial charge in [0.25, 0.3) is 0 Å². The van der Waals surface area contributed by atoms with E-state index in [4.69, 9.17) is 4.52 Å². The van der Waals surface area contributed by atoms with Crippen molar-refractivity contribution in [2.24, 2.45) is 0 Å². The summed E-state index contributed by atoms with van der Waals surface area (Å²) < 4.78 is 7.25. The summed E-state index contributed by atoms with van der Waals surface area (Å²) >= 11 is 0. The first-order chi connectivity index (χ1) is 8.60. The Morgan fingerprint density at radius 3 is 2.78 bits per heavy atom. The summed E-state index contributed by atoms with van der Waals surface area (Å²) in [5.74, 6) is 1.69. The SMILES string of the molecule is CNC(C)c1ccn(Cc2noc(C(C)C)n2)c1. The maximum atomic E-state index is 5.19. The highest BCUT2D eigenvalue weighted by atomic mass is 16.5. The highest BCUT2D eigenvalue weighted by Gasteiger charge is 2.11. The molecule has 18 heavy (non-hydrogen) atoms. The van der Waals surface area contributed by atoms with Crippen molar-refractivity contribution in [2.75, 3.05) is 7.05 Å². The van der Waals surface area contributed by atoms with Gasteiger partial charge in [-0.15, -0.1) is 0 Å². The predicted octanol–water partition coefficient (Wildman–Crippen LogP) is 2.32. The molecule has 0 aliphatic heterocycles. The number of rotatable bonds is 5. The van der Waals surface area contributed by atoms with Crippen LogP contribution in [-0.4, -0.2) is 21.8 Å². The third-order valence-corrected chi connectivity index (χ3v) is 3.01. The molecule has 5 nitrogen and oxygen atoms in total. The Morgan fingerprint density at radius 2 is 2.17 bits per heavy atom. The summed E-state index contributed by atoms with van der Waals surface area (Å²) in [6.07, 6.45) is 4.14. The second-order valence-electron chi connectivity index (χ2n) is 4.83. The van der Waals surface area contributed by atoms with E-state index in [1.165, 1.54) is 5.56 Å². The van der Waals surface area contributed by atoms with E-state index in [-0.39, 0.29) is 5.92 Å². The molecule has 0 amide bonds. The Labute approximate surface area is 107 Å². The molecular weight excluding hydrogens is 228 g/mol. The van der Waals surface area contributed by atoms with Crippen LogP contribution in [0.5, 0.6) is 0 Å². The molecule has 2 heterocycles. The Balaban J connectivity index is 2.06. The van der Waals surface area contributed by atoms with E-state index in [0.717, 1.165) is 5.82 Å². The van der Waals surface area contributed by atoms with E-state index in [9.17, 15) is 0 Å². The molecule has 0 saturated carbocycles. The fourth-order valence-corrected chi connectivity index (χ4v) is 1.71. The van der Waals surface area contributed by atoms with Gasteiger partial charge in [-0.05, 0) is 25.6 Å².